The maximum Gasteiger partial charge on any atom is 0.0881 e. The Morgan fingerprint density at radius 2 is 1.76 bits per heavy atom. The van der Waals surface area contributed by atoms with Gasteiger partial charge in [0, 0.05) is 5.39 Å². The molecule has 0 bridgehead atoms. The molecule has 0 aliphatic rings. The Hall–Kier alpha value is -2.23. The van der Waals surface area contributed by atoms with Gasteiger partial charge < -0.3 is 0 Å². The highest BCUT2D eigenvalue weighted by Gasteiger charge is 2.14. The molecule has 1 heterocycles. The van der Waals surface area contributed by atoms with E-state index in [1.165, 1.54) is 11.1 Å². The van der Waals surface area contributed by atoms with E-state index in [0.29, 0.717) is 0 Å². The summed E-state index contributed by atoms with van der Waals surface area (Å²) < 4.78 is 0. The first-order valence-electron chi connectivity index (χ1n) is 7.08. The van der Waals surface area contributed by atoms with Crippen LogP contribution in [-0.2, 0) is 0 Å². The summed E-state index contributed by atoms with van der Waals surface area (Å²) in [5, 5.41) is 1.14. The zero-order valence-electron chi connectivity index (χ0n) is 12.3. The first-order valence-corrected chi connectivity index (χ1v) is 7.08. The predicted molar refractivity (Wildman–Crippen MR) is 86.8 cm³/mol. The van der Waals surface area contributed by atoms with Gasteiger partial charge in [-0.3, -0.25) is 10.8 Å². The average Bonchev–Trinajstić information content (AvgIpc) is 2.51. The minimum atomic E-state index is -0.103. The van der Waals surface area contributed by atoms with Crippen LogP contribution in [0.4, 0.5) is 0 Å². The van der Waals surface area contributed by atoms with E-state index in [2.05, 4.69) is 49.6 Å². The summed E-state index contributed by atoms with van der Waals surface area (Å²) in [7, 11) is 0. The highest BCUT2D eigenvalue weighted by atomic mass is 15.2. The number of hydrogen-bond donors (Lipinski definition) is 2. The summed E-state index contributed by atoms with van der Waals surface area (Å²) in [5.74, 6) is 5.78. The molecular formula is C18H19N3. The van der Waals surface area contributed by atoms with Gasteiger partial charge in [0.05, 0.1) is 17.3 Å². The smallest absolute Gasteiger partial charge is 0.0881 e. The molecule has 1 atom stereocenters. The van der Waals surface area contributed by atoms with Crippen LogP contribution in [0.3, 0.4) is 0 Å². The van der Waals surface area contributed by atoms with E-state index in [-0.39, 0.29) is 6.04 Å². The van der Waals surface area contributed by atoms with Crippen molar-refractivity contribution in [2.45, 2.75) is 19.9 Å². The number of aromatic nitrogens is 1. The summed E-state index contributed by atoms with van der Waals surface area (Å²) >= 11 is 0. The SMILES string of the molecule is Cc1ccc(C(NN)c2ccc3ccccc3n2)cc1C. The van der Waals surface area contributed by atoms with E-state index in [1.807, 2.05) is 24.3 Å². The maximum absolute atomic E-state index is 5.78. The van der Waals surface area contributed by atoms with E-state index in [1.54, 1.807) is 0 Å². The normalized spacial score (nSPS) is 12.5. The minimum Gasteiger partial charge on any atom is -0.271 e. The van der Waals surface area contributed by atoms with Crippen molar-refractivity contribution in [1.82, 2.24) is 10.4 Å². The molecule has 0 saturated carbocycles. The van der Waals surface area contributed by atoms with Crippen LogP contribution in [0.15, 0.2) is 54.6 Å². The number of nitrogens with zero attached hydrogens (tertiary/aromatic N) is 1. The van der Waals surface area contributed by atoms with Gasteiger partial charge in [0.15, 0.2) is 0 Å². The van der Waals surface area contributed by atoms with E-state index < -0.39 is 0 Å². The molecule has 0 radical (unpaired) electrons. The van der Waals surface area contributed by atoms with Crippen LogP contribution in [0.5, 0.6) is 0 Å². The number of hydrogen-bond acceptors (Lipinski definition) is 3. The van der Waals surface area contributed by atoms with Crippen molar-refractivity contribution in [3.8, 4) is 0 Å². The lowest BCUT2D eigenvalue weighted by molar-refractivity contribution is 0.622. The van der Waals surface area contributed by atoms with Crippen LogP contribution in [0.25, 0.3) is 10.9 Å². The molecule has 2 aromatic carbocycles. The second-order valence-corrected chi connectivity index (χ2v) is 5.37. The van der Waals surface area contributed by atoms with Crippen LogP contribution < -0.4 is 11.3 Å². The van der Waals surface area contributed by atoms with Crippen molar-refractivity contribution in [1.29, 1.82) is 0 Å². The number of rotatable bonds is 3. The van der Waals surface area contributed by atoms with Gasteiger partial charge in [-0.05, 0) is 42.7 Å². The van der Waals surface area contributed by atoms with Gasteiger partial charge in [-0.2, -0.15) is 0 Å². The number of pyridine rings is 1. The van der Waals surface area contributed by atoms with Gasteiger partial charge in [-0.1, -0.05) is 42.5 Å². The molecular weight excluding hydrogens is 258 g/mol. The zero-order valence-corrected chi connectivity index (χ0v) is 12.3. The molecule has 0 fully saturated rings. The molecule has 0 amide bonds. The predicted octanol–water partition coefficient (Wildman–Crippen LogP) is 3.40. The Kier molecular flexibility index (Phi) is 3.69. The zero-order chi connectivity index (χ0) is 14.8. The number of aryl methyl sites for hydroxylation is 2. The third kappa shape index (κ3) is 2.66. The topological polar surface area (TPSA) is 50.9 Å². The first kappa shape index (κ1) is 13.7. The van der Waals surface area contributed by atoms with Gasteiger partial charge in [-0.25, -0.2) is 5.43 Å². The third-order valence-corrected chi connectivity index (χ3v) is 3.95. The van der Waals surface area contributed by atoms with Crippen LogP contribution in [0.2, 0.25) is 0 Å². The molecule has 3 heteroatoms. The number of fused-ring (bicyclic) bond motifs is 1. The number of benzene rings is 2. The summed E-state index contributed by atoms with van der Waals surface area (Å²) in [5.41, 5.74) is 8.46. The fourth-order valence-corrected chi connectivity index (χ4v) is 2.54. The molecule has 3 rings (SSSR count). The molecule has 1 aromatic heterocycles. The molecule has 3 nitrogen and oxygen atoms in total. The number of para-hydroxylation sites is 1. The summed E-state index contributed by atoms with van der Waals surface area (Å²) in [6.07, 6.45) is 0. The Morgan fingerprint density at radius 3 is 2.52 bits per heavy atom. The van der Waals surface area contributed by atoms with E-state index in [9.17, 15) is 0 Å². The second-order valence-electron chi connectivity index (χ2n) is 5.37. The van der Waals surface area contributed by atoms with Crippen LogP contribution in [0, 0.1) is 13.8 Å². The van der Waals surface area contributed by atoms with Crippen LogP contribution in [-0.4, -0.2) is 4.98 Å². The van der Waals surface area contributed by atoms with Gasteiger partial charge in [-0.15, -0.1) is 0 Å². The molecule has 3 N–H and O–H groups in total. The van der Waals surface area contributed by atoms with Gasteiger partial charge in [0.2, 0.25) is 0 Å². The molecule has 0 aliphatic carbocycles. The highest BCUT2D eigenvalue weighted by molar-refractivity contribution is 5.78. The van der Waals surface area contributed by atoms with Crippen molar-refractivity contribution in [2.24, 2.45) is 5.84 Å². The number of hydrazine groups is 1. The Balaban J connectivity index is 2.06. The van der Waals surface area contributed by atoms with E-state index in [4.69, 9.17) is 10.8 Å². The van der Waals surface area contributed by atoms with Gasteiger partial charge in [0.25, 0.3) is 0 Å². The fraction of sp³-hybridized carbons (Fsp3) is 0.167. The molecule has 106 valence electrons. The Labute approximate surface area is 124 Å². The molecule has 21 heavy (non-hydrogen) atoms. The molecule has 0 saturated heterocycles. The van der Waals surface area contributed by atoms with Gasteiger partial charge >= 0.3 is 0 Å². The first-order chi connectivity index (χ1) is 10.2. The Morgan fingerprint density at radius 1 is 0.952 bits per heavy atom. The van der Waals surface area contributed by atoms with Crippen molar-refractivity contribution < 1.29 is 0 Å². The summed E-state index contributed by atoms with van der Waals surface area (Å²) in [6, 6.07) is 18.5. The highest BCUT2D eigenvalue weighted by Crippen LogP contribution is 2.24. The van der Waals surface area contributed by atoms with Crippen molar-refractivity contribution in [3.63, 3.8) is 0 Å². The van der Waals surface area contributed by atoms with Crippen LogP contribution in [0.1, 0.15) is 28.4 Å². The lowest BCUT2D eigenvalue weighted by Crippen LogP contribution is -2.29. The van der Waals surface area contributed by atoms with Crippen LogP contribution >= 0.6 is 0 Å². The largest absolute Gasteiger partial charge is 0.271 e. The monoisotopic (exact) mass is 277 g/mol. The average molecular weight is 277 g/mol. The number of nitrogens with two attached hydrogens (primary N) is 1. The molecule has 0 spiro atoms. The van der Waals surface area contributed by atoms with Crippen molar-refractivity contribution in [3.05, 3.63) is 77.0 Å². The number of nitrogens with one attached hydrogen (secondary N) is 1. The fourth-order valence-electron chi connectivity index (χ4n) is 2.54. The quantitative estimate of drug-likeness (QED) is 0.570. The minimum absolute atomic E-state index is 0.103. The van der Waals surface area contributed by atoms with Crippen molar-refractivity contribution in [2.75, 3.05) is 0 Å². The molecule has 3 aromatic rings. The molecule has 0 aliphatic heterocycles. The second kappa shape index (κ2) is 5.64. The van der Waals surface area contributed by atoms with Crippen molar-refractivity contribution >= 4 is 10.9 Å². The summed E-state index contributed by atoms with van der Waals surface area (Å²) in [4.78, 5) is 4.73. The lowest BCUT2D eigenvalue weighted by Gasteiger charge is -2.17. The standard InChI is InChI=1S/C18H19N3/c1-12-7-8-15(11-13(12)2)18(21-19)17-10-9-14-5-3-4-6-16(14)20-17/h3-11,18,21H,19H2,1-2H3. The lowest BCUT2D eigenvalue weighted by atomic mass is 9.98. The maximum atomic E-state index is 5.78. The van der Waals surface area contributed by atoms with E-state index >= 15 is 0 Å². The third-order valence-electron chi connectivity index (χ3n) is 3.95. The molecule has 1 unspecified atom stereocenters. The summed E-state index contributed by atoms with van der Waals surface area (Å²) in [6.45, 7) is 4.22. The van der Waals surface area contributed by atoms with Gasteiger partial charge in [0.1, 0.15) is 0 Å². The van der Waals surface area contributed by atoms with E-state index in [0.717, 1.165) is 22.2 Å². The Bertz CT molecular complexity index is 780.